The molecule has 1 atom stereocenters. The third-order valence-electron chi connectivity index (χ3n) is 3.13. The maximum atomic E-state index is 13.6. The molecule has 0 aliphatic carbocycles. The topological polar surface area (TPSA) is 38.3 Å². The van der Waals surface area contributed by atoms with E-state index in [0.29, 0.717) is 0 Å². The van der Waals surface area contributed by atoms with Gasteiger partial charge in [0.1, 0.15) is 5.82 Å². The molecule has 0 spiro atoms. The van der Waals surface area contributed by atoms with E-state index in [2.05, 4.69) is 5.32 Å². The average Bonchev–Trinajstić information content (AvgIpc) is 2.47. The van der Waals surface area contributed by atoms with Gasteiger partial charge in [-0.25, -0.2) is 8.78 Å². The standard InChI is InChI=1S/C16H15F2NO2/c1-10(11-3-6-13(17)7-4-11)19-16(20)12-5-8-15(21-2)14(18)9-12/h3-10H,1-2H3,(H,19,20)/t10-/m0/s1. The Morgan fingerprint density at radius 3 is 2.38 bits per heavy atom. The molecule has 21 heavy (non-hydrogen) atoms. The number of hydrogen-bond donors (Lipinski definition) is 1. The van der Waals surface area contributed by atoms with Crippen LogP contribution in [0.3, 0.4) is 0 Å². The van der Waals surface area contributed by atoms with Crippen molar-refractivity contribution in [2.24, 2.45) is 0 Å². The van der Waals surface area contributed by atoms with E-state index >= 15 is 0 Å². The number of benzene rings is 2. The second-order valence-electron chi connectivity index (χ2n) is 4.60. The Balaban J connectivity index is 2.10. The first-order valence-electron chi connectivity index (χ1n) is 6.41. The number of nitrogens with one attached hydrogen (secondary N) is 1. The van der Waals surface area contributed by atoms with Gasteiger partial charge in [0.2, 0.25) is 0 Å². The molecule has 2 aromatic carbocycles. The molecule has 0 aliphatic rings. The van der Waals surface area contributed by atoms with Crippen LogP contribution in [0.5, 0.6) is 5.75 Å². The third kappa shape index (κ3) is 3.56. The zero-order valence-electron chi connectivity index (χ0n) is 11.7. The van der Waals surface area contributed by atoms with E-state index in [1.54, 1.807) is 19.1 Å². The fourth-order valence-electron chi connectivity index (χ4n) is 1.92. The maximum absolute atomic E-state index is 13.6. The smallest absolute Gasteiger partial charge is 0.251 e. The highest BCUT2D eigenvalue weighted by Gasteiger charge is 2.13. The van der Waals surface area contributed by atoms with Crippen LogP contribution in [0.1, 0.15) is 28.9 Å². The summed E-state index contributed by atoms with van der Waals surface area (Å²) in [5.41, 5.74) is 0.959. The molecule has 0 heterocycles. The number of rotatable bonds is 4. The van der Waals surface area contributed by atoms with Gasteiger partial charge in [-0.05, 0) is 42.8 Å². The molecular formula is C16H15F2NO2. The van der Waals surface area contributed by atoms with E-state index in [9.17, 15) is 13.6 Å². The largest absolute Gasteiger partial charge is 0.494 e. The number of carbonyl (C=O) groups excluding carboxylic acids is 1. The zero-order valence-corrected chi connectivity index (χ0v) is 11.7. The van der Waals surface area contributed by atoms with Gasteiger partial charge in [-0.2, -0.15) is 0 Å². The van der Waals surface area contributed by atoms with Crippen molar-refractivity contribution in [1.29, 1.82) is 0 Å². The lowest BCUT2D eigenvalue weighted by Crippen LogP contribution is -2.26. The summed E-state index contributed by atoms with van der Waals surface area (Å²) in [7, 11) is 1.36. The van der Waals surface area contributed by atoms with Gasteiger partial charge in [-0.1, -0.05) is 12.1 Å². The first-order valence-corrected chi connectivity index (χ1v) is 6.41. The van der Waals surface area contributed by atoms with Gasteiger partial charge < -0.3 is 10.1 Å². The van der Waals surface area contributed by atoms with Crippen LogP contribution in [0.2, 0.25) is 0 Å². The molecule has 2 aromatic rings. The van der Waals surface area contributed by atoms with Gasteiger partial charge in [0.05, 0.1) is 13.2 Å². The number of amides is 1. The fraction of sp³-hybridized carbons (Fsp3) is 0.188. The third-order valence-corrected chi connectivity index (χ3v) is 3.13. The van der Waals surface area contributed by atoms with Gasteiger partial charge in [-0.3, -0.25) is 4.79 Å². The summed E-state index contributed by atoms with van der Waals surface area (Å²) in [6.07, 6.45) is 0. The number of halogens is 2. The first-order chi connectivity index (χ1) is 10.0. The van der Waals surface area contributed by atoms with Crippen LogP contribution in [0.15, 0.2) is 42.5 Å². The molecule has 0 radical (unpaired) electrons. The summed E-state index contributed by atoms with van der Waals surface area (Å²) in [5.74, 6) is -1.26. The fourth-order valence-corrected chi connectivity index (χ4v) is 1.92. The quantitative estimate of drug-likeness (QED) is 0.936. The molecule has 0 saturated carbocycles. The Labute approximate surface area is 121 Å². The molecule has 0 saturated heterocycles. The molecule has 2 rings (SSSR count). The van der Waals surface area contributed by atoms with Crippen molar-refractivity contribution in [3.63, 3.8) is 0 Å². The Hall–Kier alpha value is -2.43. The summed E-state index contributed by atoms with van der Waals surface area (Å²) in [4.78, 5) is 12.1. The van der Waals surface area contributed by atoms with E-state index in [1.807, 2.05) is 0 Å². The second kappa shape index (κ2) is 6.35. The summed E-state index contributed by atoms with van der Waals surface area (Å²) in [6.45, 7) is 1.77. The van der Waals surface area contributed by atoms with Gasteiger partial charge >= 0.3 is 0 Å². The summed E-state index contributed by atoms with van der Waals surface area (Å²) < 4.78 is 31.2. The molecule has 5 heteroatoms. The average molecular weight is 291 g/mol. The van der Waals surface area contributed by atoms with Crippen molar-refractivity contribution in [2.75, 3.05) is 7.11 Å². The molecule has 110 valence electrons. The molecule has 0 aromatic heterocycles. The van der Waals surface area contributed by atoms with Crippen molar-refractivity contribution < 1.29 is 18.3 Å². The molecule has 3 nitrogen and oxygen atoms in total. The minimum absolute atomic E-state index is 0.0816. The molecule has 0 aliphatic heterocycles. The van der Waals surface area contributed by atoms with Gasteiger partial charge in [0, 0.05) is 5.56 Å². The maximum Gasteiger partial charge on any atom is 0.251 e. The molecule has 1 N–H and O–H groups in total. The van der Waals surface area contributed by atoms with E-state index in [0.717, 1.165) is 11.6 Å². The number of hydrogen-bond acceptors (Lipinski definition) is 2. The molecule has 0 unspecified atom stereocenters. The van der Waals surface area contributed by atoms with E-state index < -0.39 is 11.7 Å². The predicted octanol–water partition coefficient (Wildman–Crippen LogP) is 3.46. The van der Waals surface area contributed by atoms with Crippen LogP contribution in [0.25, 0.3) is 0 Å². The lowest BCUT2D eigenvalue weighted by molar-refractivity contribution is 0.0939. The Morgan fingerprint density at radius 1 is 1.14 bits per heavy atom. The van der Waals surface area contributed by atoms with Crippen LogP contribution in [-0.4, -0.2) is 13.0 Å². The Bertz CT molecular complexity index is 641. The SMILES string of the molecule is COc1ccc(C(=O)N[C@@H](C)c2ccc(F)cc2)cc1F. The number of ether oxygens (including phenoxy) is 1. The van der Waals surface area contributed by atoms with Gasteiger partial charge in [0.15, 0.2) is 11.6 Å². The number of carbonyl (C=O) groups is 1. The van der Waals surface area contributed by atoms with E-state index in [4.69, 9.17) is 4.74 Å². The lowest BCUT2D eigenvalue weighted by Gasteiger charge is -2.14. The van der Waals surface area contributed by atoms with E-state index in [1.165, 1.54) is 31.4 Å². The van der Waals surface area contributed by atoms with Crippen LogP contribution in [0.4, 0.5) is 8.78 Å². The number of methoxy groups -OCH3 is 1. The monoisotopic (exact) mass is 291 g/mol. The van der Waals surface area contributed by atoms with Crippen molar-refractivity contribution in [1.82, 2.24) is 5.32 Å². The molecular weight excluding hydrogens is 276 g/mol. The van der Waals surface area contributed by atoms with Crippen LogP contribution in [-0.2, 0) is 0 Å². The van der Waals surface area contributed by atoms with Crippen molar-refractivity contribution in [2.45, 2.75) is 13.0 Å². The Kier molecular flexibility index (Phi) is 4.52. The van der Waals surface area contributed by atoms with Gasteiger partial charge in [-0.15, -0.1) is 0 Å². The van der Waals surface area contributed by atoms with Gasteiger partial charge in [0.25, 0.3) is 5.91 Å². The highest BCUT2D eigenvalue weighted by atomic mass is 19.1. The second-order valence-corrected chi connectivity index (χ2v) is 4.60. The molecule has 0 bridgehead atoms. The minimum Gasteiger partial charge on any atom is -0.494 e. The normalized spacial score (nSPS) is 11.8. The highest BCUT2D eigenvalue weighted by molar-refractivity contribution is 5.94. The highest BCUT2D eigenvalue weighted by Crippen LogP contribution is 2.19. The van der Waals surface area contributed by atoms with E-state index in [-0.39, 0.29) is 23.2 Å². The first kappa shape index (κ1) is 15.0. The summed E-state index contributed by atoms with van der Waals surface area (Å²) >= 11 is 0. The zero-order chi connectivity index (χ0) is 15.4. The summed E-state index contributed by atoms with van der Waals surface area (Å²) in [6, 6.07) is 9.51. The van der Waals surface area contributed by atoms with Crippen LogP contribution >= 0.6 is 0 Å². The minimum atomic E-state index is -0.598. The summed E-state index contributed by atoms with van der Waals surface area (Å²) in [5, 5.41) is 2.73. The van der Waals surface area contributed by atoms with Crippen LogP contribution in [0, 0.1) is 11.6 Å². The molecule has 0 fully saturated rings. The van der Waals surface area contributed by atoms with Crippen molar-refractivity contribution in [3.8, 4) is 5.75 Å². The van der Waals surface area contributed by atoms with Crippen molar-refractivity contribution >= 4 is 5.91 Å². The molecule has 1 amide bonds. The predicted molar refractivity (Wildman–Crippen MR) is 75.2 cm³/mol. The Morgan fingerprint density at radius 2 is 1.81 bits per heavy atom. The van der Waals surface area contributed by atoms with Crippen LogP contribution < -0.4 is 10.1 Å². The van der Waals surface area contributed by atoms with Crippen molar-refractivity contribution in [3.05, 3.63) is 65.2 Å². The lowest BCUT2D eigenvalue weighted by atomic mass is 10.1.